The summed E-state index contributed by atoms with van der Waals surface area (Å²) in [5.74, 6) is -0.218. The van der Waals surface area contributed by atoms with Crippen molar-refractivity contribution in [3.63, 3.8) is 0 Å². The molecular weight excluding hydrogens is 232 g/mol. The van der Waals surface area contributed by atoms with Gasteiger partial charge in [0.1, 0.15) is 0 Å². The zero-order valence-corrected chi connectivity index (χ0v) is 10.2. The largest absolute Gasteiger partial charge is 0.391 e. The fourth-order valence-corrected chi connectivity index (χ4v) is 1.99. The molecule has 0 aromatic heterocycles. The van der Waals surface area contributed by atoms with Crippen LogP contribution in [-0.4, -0.2) is 36.1 Å². The number of β-amino-alcohol motifs (C(OH)–C–C–N with tert-alkyl or cyclic N) is 1. The molecule has 0 bridgehead atoms. The molecule has 0 aliphatic carbocycles. The molecule has 2 N–H and O–H groups in total. The van der Waals surface area contributed by atoms with Gasteiger partial charge in [-0.1, -0.05) is 0 Å². The molecule has 2 amide bonds. The lowest BCUT2D eigenvalue weighted by Gasteiger charge is -2.16. The van der Waals surface area contributed by atoms with Gasteiger partial charge in [0.05, 0.1) is 19.1 Å². The summed E-state index contributed by atoms with van der Waals surface area (Å²) in [5.41, 5.74) is 1.28. The molecule has 1 unspecified atom stereocenters. The monoisotopic (exact) mass is 248 g/mol. The van der Waals surface area contributed by atoms with E-state index in [1.807, 2.05) is 6.92 Å². The Bertz CT molecular complexity index is 456. The van der Waals surface area contributed by atoms with Crippen molar-refractivity contribution in [1.29, 1.82) is 0 Å². The lowest BCUT2D eigenvalue weighted by molar-refractivity contribution is -0.117. The normalized spacial score (nSPS) is 19.1. The Kier molecular flexibility index (Phi) is 3.62. The number of hydrogen-bond acceptors (Lipinski definition) is 3. The Balaban J connectivity index is 2.13. The molecule has 0 radical (unpaired) electrons. The van der Waals surface area contributed by atoms with E-state index in [0.29, 0.717) is 24.3 Å². The van der Waals surface area contributed by atoms with E-state index in [1.54, 1.807) is 24.3 Å². The first-order valence-electron chi connectivity index (χ1n) is 5.98. The maximum atomic E-state index is 11.6. The van der Waals surface area contributed by atoms with Crippen molar-refractivity contribution >= 4 is 17.5 Å². The summed E-state index contributed by atoms with van der Waals surface area (Å²) in [6, 6.07) is 6.80. The molecule has 5 nitrogen and oxygen atoms in total. The second-order valence-electron chi connectivity index (χ2n) is 4.27. The fraction of sp³-hybridized carbons (Fsp3) is 0.385. The minimum atomic E-state index is -0.597. The van der Waals surface area contributed by atoms with Crippen molar-refractivity contribution < 1.29 is 14.7 Å². The average Bonchev–Trinajstić information content (AvgIpc) is 2.69. The van der Waals surface area contributed by atoms with Crippen molar-refractivity contribution in [1.82, 2.24) is 5.32 Å². The standard InChI is InChI=1S/C13H16N2O3/c1-2-14-13(18)9-3-5-10(6-4-9)15-8-11(16)7-12(15)17/h3-6,11,16H,2,7-8H2,1H3,(H,14,18). The number of nitrogens with one attached hydrogen (secondary N) is 1. The number of hydrogen-bond donors (Lipinski definition) is 2. The van der Waals surface area contributed by atoms with Crippen LogP contribution in [0.25, 0.3) is 0 Å². The van der Waals surface area contributed by atoms with Gasteiger partial charge in [-0.05, 0) is 31.2 Å². The minimum absolute atomic E-state index is 0.0896. The molecule has 0 spiro atoms. The van der Waals surface area contributed by atoms with Gasteiger partial charge in [0.2, 0.25) is 5.91 Å². The Hall–Kier alpha value is -1.88. The van der Waals surface area contributed by atoms with Gasteiger partial charge in [-0.3, -0.25) is 9.59 Å². The van der Waals surface area contributed by atoms with E-state index in [1.165, 1.54) is 4.90 Å². The number of nitrogens with zero attached hydrogens (tertiary/aromatic N) is 1. The summed E-state index contributed by atoms with van der Waals surface area (Å²) in [7, 11) is 0. The highest BCUT2D eigenvalue weighted by Gasteiger charge is 2.28. The van der Waals surface area contributed by atoms with Gasteiger partial charge in [-0.25, -0.2) is 0 Å². The third kappa shape index (κ3) is 2.51. The van der Waals surface area contributed by atoms with Gasteiger partial charge in [-0.2, -0.15) is 0 Å². The van der Waals surface area contributed by atoms with E-state index in [2.05, 4.69) is 5.32 Å². The van der Waals surface area contributed by atoms with Gasteiger partial charge in [0, 0.05) is 17.8 Å². The molecule has 1 saturated heterocycles. The SMILES string of the molecule is CCNC(=O)c1ccc(N2CC(O)CC2=O)cc1. The summed E-state index contributed by atoms with van der Waals surface area (Å²) >= 11 is 0. The average molecular weight is 248 g/mol. The lowest BCUT2D eigenvalue weighted by Crippen LogP contribution is -2.26. The van der Waals surface area contributed by atoms with E-state index < -0.39 is 6.10 Å². The van der Waals surface area contributed by atoms with E-state index in [9.17, 15) is 14.7 Å². The minimum Gasteiger partial charge on any atom is -0.391 e. The molecule has 1 aromatic carbocycles. The summed E-state index contributed by atoms with van der Waals surface area (Å²) in [5, 5.41) is 12.1. The molecule has 1 fully saturated rings. The molecule has 1 aliphatic heterocycles. The fourth-order valence-electron chi connectivity index (χ4n) is 1.99. The van der Waals surface area contributed by atoms with Crippen molar-refractivity contribution in [3.05, 3.63) is 29.8 Å². The summed E-state index contributed by atoms with van der Waals surface area (Å²) in [6.45, 7) is 2.76. The predicted octanol–water partition coefficient (Wildman–Crippen LogP) is 0.534. The molecule has 1 aromatic rings. The van der Waals surface area contributed by atoms with Crippen LogP contribution < -0.4 is 10.2 Å². The van der Waals surface area contributed by atoms with Crippen LogP contribution in [0.4, 0.5) is 5.69 Å². The van der Waals surface area contributed by atoms with Crippen molar-refractivity contribution in [2.24, 2.45) is 0 Å². The van der Waals surface area contributed by atoms with E-state index in [-0.39, 0.29) is 18.2 Å². The first-order chi connectivity index (χ1) is 8.61. The van der Waals surface area contributed by atoms with Gasteiger partial charge in [0.15, 0.2) is 0 Å². The smallest absolute Gasteiger partial charge is 0.251 e. The predicted molar refractivity (Wildman–Crippen MR) is 67.4 cm³/mol. The zero-order chi connectivity index (χ0) is 13.1. The molecule has 1 atom stereocenters. The Labute approximate surface area is 105 Å². The van der Waals surface area contributed by atoms with Crippen LogP contribution >= 0.6 is 0 Å². The van der Waals surface area contributed by atoms with Gasteiger partial charge >= 0.3 is 0 Å². The first-order valence-corrected chi connectivity index (χ1v) is 5.98. The van der Waals surface area contributed by atoms with Gasteiger partial charge < -0.3 is 15.3 Å². The molecule has 96 valence electrons. The highest BCUT2D eigenvalue weighted by atomic mass is 16.3. The molecular formula is C13H16N2O3. The van der Waals surface area contributed by atoms with Crippen LogP contribution in [0, 0.1) is 0 Å². The van der Waals surface area contributed by atoms with Crippen LogP contribution in [0.2, 0.25) is 0 Å². The summed E-state index contributed by atoms with van der Waals surface area (Å²) in [4.78, 5) is 24.7. The molecule has 18 heavy (non-hydrogen) atoms. The van der Waals surface area contributed by atoms with Crippen molar-refractivity contribution in [2.45, 2.75) is 19.4 Å². The van der Waals surface area contributed by atoms with Gasteiger partial charge in [-0.15, -0.1) is 0 Å². The molecule has 0 saturated carbocycles. The highest BCUT2D eigenvalue weighted by molar-refractivity contribution is 5.98. The molecule has 2 rings (SSSR count). The number of aliphatic hydroxyl groups excluding tert-OH is 1. The van der Waals surface area contributed by atoms with Gasteiger partial charge in [0.25, 0.3) is 5.91 Å². The second kappa shape index (κ2) is 5.18. The van der Waals surface area contributed by atoms with Crippen LogP contribution in [0.15, 0.2) is 24.3 Å². The Morgan fingerprint density at radius 3 is 2.61 bits per heavy atom. The quantitative estimate of drug-likeness (QED) is 0.820. The van der Waals surface area contributed by atoms with Crippen molar-refractivity contribution in [2.75, 3.05) is 18.0 Å². The third-order valence-electron chi connectivity index (χ3n) is 2.88. The number of amides is 2. The number of aliphatic hydroxyl groups is 1. The summed E-state index contributed by atoms with van der Waals surface area (Å²) in [6.07, 6.45) is -0.432. The molecule has 5 heteroatoms. The lowest BCUT2D eigenvalue weighted by atomic mass is 10.2. The first kappa shape index (κ1) is 12.6. The van der Waals surface area contributed by atoms with E-state index >= 15 is 0 Å². The zero-order valence-electron chi connectivity index (χ0n) is 10.2. The third-order valence-corrected chi connectivity index (χ3v) is 2.88. The van der Waals surface area contributed by atoms with Crippen LogP contribution in [0.5, 0.6) is 0 Å². The maximum Gasteiger partial charge on any atom is 0.251 e. The Morgan fingerprint density at radius 2 is 2.11 bits per heavy atom. The van der Waals surface area contributed by atoms with E-state index in [0.717, 1.165) is 0 Å². The van der Waals surface area contributed by atoms with E-state index in [4.69, 9.17) is 0 Å². The number of carbonyl (C=O) groups excluding carboxylic acids is 2. The molecule has 1 aliphatic rings. The topological polar surface area (TPSA) is 69.6 Å². The van der Waals surface area contributed by atoms with Crippen molar-refractivity contribution in [3.8, 4) is 0 Å². The summed E-state index contributed by atoms with van der Waals surface area (Å²) < 4.78 is 0. The number of benzene rings is 1. The van der Waals surface area contributed by atoms with Crippen LogP contribution in [0.3, 0.4) is 0 Å². The Morgan fingerprint density at radius 1 is 1.44 bits per heavy atom. The number of carbonyl (C=O) groups is 2. The second-order valence-corrected chi connectivity index (χ2v) is 4.27. The highest BCUT2D eigenvalue weighted by Crippen LogP contribution is 2.21. The maximum absolute atomic E-state index is 11.6. The number of rotatable bonds is 3. The van der Waals surface area contributed by atoms with Crippen LogP contribution in [0.1, 0.15) is 23.7 Å². The van der Waals surface area contributed by atoms with Crippen LogP contribution in [-0.2, 0) is 4.79 Å². The number of anilines is 1. The molecule has 1 heterocycles.